The first-order valence-corrected chi connectivity index (χ1v) is 7.90. The third kappa shape index (κ3) is 3.20. The summed E-state index contributed by atoms with van der Waals surface area (Å²) in [5, 5.41) is 4.69. The SMILES string of the molecule is Cc1cc(S(=O)(=O)NCc2ccn(C)n2)c(C)cc1Cl. The van der Waals surface area contributed by atoms with E-state index < -0.39 is 10.0 Å². The maximum Gasteiger partial charge on any atom is 0.241 e. The number of hydrogen-bond acceptors (Lipinski definition) is 3. The topological polar surface area (TPSA) is 64.0 Å². The van der Waals surface area contributed by atoms with Crippen LogP contribution in [0.2, 0.25) is 5.02 Å². The highest BCUT2D eigenvalue weighted by Crippen LogP contribution is 2.23. The number of nitrogens with zero attached hydrogens (tertiary/aromatic N) is 2. The van der Waals surface area contributed by atoms with Crippen LogP contribution in [-0.4, -0.2) is 18.2 Å². The van der Waals surface area contributed by atoms with Crippen molar-refractivity contribution in [2.45, 2.75) is 25.3 Å². The van der Waals surface area contributed by atoms with Crippen LogP contribution in [0.3, 0.4) is 0 Å². The second-order valence-corrected chi connectivity index (χ2v) is 6.81. The highest BCUT2D eigenvalue weighted by molar-refractivity contribution is 7.89. The van der Waals surface area contributed by atoms with Crippen molar-refractivity contribution in [1.29, 1.82) is 0 Å². The van der Waals surface area contributed by atoms with Gasteiger partial charge in [-0.2, -0.15) is 5.10 Å². The molecule has 7 heteroatoms. The number of benzene rings is 1. The van der Waals surface area contributed by atoms with Gasteiger partial charge in [-0.05, 0) is 43.2 Å². The molecule has 0 aliphatic rings. The number of hydrogen-bond donors (Lipinski definition) is 1. The van der Waals surface area contributed by atoms with Gasteiger partial charge in [0.15, 0.2) is 0 Å². The molecule has 1 N–H and O–H groups in total. The van der Waals surface area contributed by atoms with Crippen molar-refractivity contribution in [2.75, 3.05) is 0 Å². The predicted molar refractivity (Wildman–Crippen MR) is 78.2 cm³/mol. The summed E-state index contributed by atoms with van der Waals surface area (Å²) < 4.78 is 28.8. The highest BCUT2D eigenvalue weighted by atomic mass is 35.5. The molecule has 0 amide bonds. The van der Waals surface area contributed by atoms with Crippen LogP contribution in [0.25, 0.3) is 0 Å². The summed E-state index contributed by atoms with van der Waals surface area (Å²) in [6.07, 6.45) is 1.77. The number of rotatable bonds is 4. The molecule has 108 valence electrons. The zero-order valence-electron chi connectivity index (χ0n) is 11.5. The summed E-state index contributed by atoms with van der Waals surface area (Å²) in [4.78, 5) is 0.246. The van der Waals surface area contributed by atoms with Gasteiger partial charge in [0.2, 0.25) is 10.0 Å². The monoisotopic (exact) mass is 313 g/mol. The van der Waals surface area contributed by atoms with Gasteiger partial charge in [0.05, 0.1) is 17.1 Å². The van der Waals surface area contributed by atoms with Crippen LogP contribution < -0.4 is 4.72 Å². The smallest absolute Gasteiger partial charge is 0.241 e. The average molecular weight is 314 g/mol. The lowest BCUT2D eigenvalue weighted by atomic mass is 10.2. The van der Waals surface area contributed by atoms with Gasteiger partial charge in [-0.25, -0.2) is 13.1 Å². The summed E-state index contributed by atoms with van der Waals surface area (Å²) >= 11 is 5.98. The number of halogens is 1. The quantitative estimate of drug-likeness (QED) is 0.941. The van der Waals surface area contributed by atoms with E-state index in [1.54, 1.807) is 50.0 Å². The van der Waals surface area contributed by atoms with Crippen LogP contribution in [0.1, 0.15) is 16.8 Å². The van der Waals surface area contributed by atoms with Gasteiger partial charge in [0.1, 0.15) is 0 Å². The minimum absolute atomic E-state index is 0.157. The summed E-state index contributed by atoms with van der Waals surface area (Å²) in [7, 11) is -1.79. The number of nitrogens with one attached hydrogen (secondary N) is 1. The minimum atomic E-state index is -3.58. The van der Waals surface area contributed by atoms with E-state index in [2.05, 4.69) is 9.82 Å². The Balaban J connectivity index is 2.24. The van der Waals surface area contributed by atoms with E-state index in [0.29, 0.717) is 16.3 Å². The molecule has 0 spiro atoms. The molecule has 0 fully saturated rings. The fourth-order valence-electron chi connectivity index (χ4n) is 1.85. The second-order valence-electron chi connectivity index (χ2n) is 4.67. The van der Waals surface area contributed by atoms with E-state index in [4.69, 9.17) is 11.6 Å². The first-order chi connectivity index (χ1) is 9.29. The molecule has 0 aliphatic carbocycles. The standard InChI is InChI=1S/C13H16ClN3O2S/c1-9-7-13(10(2)6-12(9)14)20(18,19)15-8-11-4-5-17(3)16-11/h4-7,15H,8H2,1-3H3. The largest absolute Gasteiger partial charge is 0.276 e. The van der Waals surface area contributed by atoms with Crippen molar-refractivity contribution in [3.05, 3.63) is 46.2 Å². The molecule has 5 nitrogen and oxygen atoms in total. The van der Waals surface area contributed by atoms with Crippen LogP contribution >= 0.6 is 11.6 Å². The van der Waals surface area contributed by atoms with Gasteiger partial charge in [-0.3, -0.25) is 4.68 Å². The van der Waals surface area contributed by atoms with E-state index in [0.717, 1.165) is 5.56 Å². The van der Waals surface area contributed by atoms with Crippen LogP contribution in [-0.2, 0) is 23.6 Å². The van der Waals surface area contributed by atoms with E-state index in [1.165, 1.54) is 0 Å². The first-order valence-electron chi connectivity index (χ1n) is 6.04. The average Bonchev–Trinajstić information content (AvgIpc) is 2.77. The Hall–Kier alpha value is -1.37. The molecule has 1 aromatic carbocycles. The molecule has 0 saturated heterocycles. The third-order valence-electron chi connectivity index (χ3n) is 2.96. The van der Waals surface area contributed by atoms with Crippen molar-refractivity contribution in [2.24, 2.45) is 7.05 Å². The lowest BCUT2D eigenvalue weighted by Crippen LogP contribution is -2.24. The number of aryl methyl sites for hydroxylation is 3. The molecule has 0 saturated carbocycles. The molecule has 0 unspecified atom stereocenters. The summed E-state index contributed by atoms with van der Waals surface area (Å²) in [5.41, 5.74) is 2.02. The van der Waals surface area contributed by atoms with E-state index >= 15 is 0 Å². The lowest BCUT2D eigenvalue weighted by molar-refractivity contribution is 0.579. The van der Waals surface area contributed by atoms with Gasteiger partial charge in [-0.1, -0.05) is 11.6 Å². The van der Waals surface area contributed by atoms with Crippen molar-refractivity contribution in [3.63, 3.8) is 0 Å². The maximum atomic E-state index is 12.3. The molecule has 2 rings (SSSR count). The third-order valence-corrected chi connectivity index (χ3v) is 4.91. The molecule has 0 bridgehead atoms. The summed E-state index contributed by atoms with van der Waals surface area (Å²) in [5.74, 6) is 0. The zero-order valence-corrected chi connectivity index (χ0v) is 13.1. The molecule has 1 aromatic heterocycles. The molecule has 2 aromatic rings. The molecule has 1 heterocycles. The van der Waals surface area contributed by atoms with Crippen LogP contribution in [0.15, 0.2) is 29.3 Å². The lowest BCUT2D eigenvalue weighted by Gasteiger charge is -2.10. The van der Waals surface area contributed by atoms with Crippen LogP contribution in [0, 0.1) is 13.8 Å². The molecule has 20 heavy (non-hydrogen) atoms. The van der Waals surface area contributed by atoms with E-state index in [-0.39, 0.29) is 11.4 Å². The normalized spacial score (nSPS) is 11.8. The van der Waals surface area contributed by atoms with Gasteiger partial charge in [-0.15, -0.1) is 0 Å². The number of aromatic nitrogens is 2. The predicted octanol–water partition coefficient (Wildman–Crippen LogP) is 2.17. The van der Waals surface area contributed by atoms with Crippen LogP contribution in [0.5, 0.6) is 0 Å². The van der Waals surface area contributed by atoms with Crippen molar-refractivity contribution in [3.8, 4) is 0 Å². The van der Waals surface area contributed by atoms with Gasteiger partial charge in [0.25, 0.3) is 0 Å². The van der Waals surface area contributed by atoms with Gasteiger partial charge in [0, 0.05) is 18.3 Å². The summed E-state index contributed by atoms with van der Waals surface area (Å²) in [6, 6.07) is 5.01. The zero-order chi connectivity index (χ0) is 14.9. The van der Waals surface area contributed by atoms with E-state index in [1.807, 2.05) is 0 Å². The highest BCUT2D eigenvalue weighted by Gasteiger charge is 2.18. The Bertz CT molecular complexity index is 738. The Morgan fingerprint density at radius 1 is 1.30 bits per heavy atom. The van der Waals surface area contributed by atoms with Crippen molar-refractivity contribution >= 4 is 21.6 Å². The van der Waals surface area contributed by atoms with Crippen molar-refractivity contribution in [1.82, 2.24) is 14.5 Å². The Labute approximate surface area is 123 Å². The fourth-order valence-corrected chi connectivity index (χ4v) is 3.37. The van der Waals surface area contributed by atoms with Crippen LogP contribution in [0.4, 0.5) is 0 Å². The van der Waals surface area contributed by atoms with E-state index in [9.17, 15) is 8.42 Å². The first kappa shape index (κ1) is 15.0. The number of sulfonamides is 1. The Morgan fingerprint density at radius 2 is 2.00 bits per heavy atom. The molecular weight excluding hydrogens is 298 g/mol. The fraction of sp³-hybridized carbons (Fsp3) is 0.308. The molecular formula is C13H16ClN3O2S. The van der Waals surface area contributed by atoms with Gasteiger partial charge < -0.3 is 0 Å². The molecule has 0 aliphatic heterocycles. The Kier molecular flexibility index (Phi) is 4.17. The molecule has 0 atom stereocenters. The maximum absolute atomic E-state index is 12.3. The molecule has 0 radical (unpaired) electrons. The Morgan fingerprint density at radius 3 is 2.60 bits per heavy atom. The second kappa shape index (κ2) is 5.55. The minimum Gasteiger partial charge on any atom is -0.276 e. The van der Waals surface area contributed by atoms with Crippen molar-refractivity contribution < 1.29 is 8.42 Å². The summed E-state index contributed by atoms with van der Waals surface area (Å²) in [6.45, 7) is 3.66. The van der Waals surface area contributed by atoms with Gasteiger partial charge >= 0.3 is 0 Å².